The van der Waals surface area contributed by atoms with Crippen LogP contribution in [-0.4, -0.2) is 48.9 Å². The lowest BCUT2D eigenvalue weighted by molar-refractivity contribution is -0.150. The predicted octanol–water partition coefficient (Wildman–Crippen LogP) is -0.810. The van der Waals surface area contributed by atoms with E-state index in [0.717, 1.165) is 12.2 Å². The lowest BCUT2D eigenvalue weighted by atomic mass is 10.4. The second kappa shape index (κ2) is 10.5. The summed E-state index contributed by atoms with van der Waals surface area (Å²) in [4.78, 5) is 33.2. The molecule has 0 unspecified atom stereocenters. The highest BCUT2D eigenvalue weighted by atomic mass is 32.1. The molecule has 9 heteroatoms. The van der Waals surface area contributed by atoms with E-state index in [9.17, 15) is 14.4 Å². The number of amides is 1. The van der Waals surface area contributed by atoms with Crippen molar-refractivity contribution in [3.63, 3.8) is 0 Å². The highest BCUT2D eigenvalue weighted by Gasteiger charge is 2.16. The number of nitrogens with two attached hydrogens (primary N) is 1. The minimum absolute atomic E-state index is 0.198. The van der Waals surface area contributed by atoms with Crippen LogP contribution in [0.3, 0.4) is 0 Å². The maximum Gasteiger partial charge on any atom is 0.330 e. The highest BCUT2D eigenvalue weighted by molar-refractivity contribution is 7.80. The molecule has 0 rings (SSSR count). The molecule has 116 valence electrons. The van der Waals surface area contributed by atoms with Gasteiger partial charge in [-0.15, -0.1) is 0 Å². The first-order chi connectivity index (χ1) is 9.88. The van der Waals surface area contributed by atoms with E-state index < -0.39 is 30.6 Å². The van der Waals surface area contributed by atoms with Crippen molar-refractivity contribution in [2.24, 2.45) is 5.73 Å². The molecule has 0 aromatic carbocycles. The van der Waals surface area contributed by atoms with E-state index in [2.05, 4.69) is 30.7 Å². The monoisotopic (exact) mass is 316 g/mol. The number of carbonyl (C=O) groups excluding carboxylic acids is 3. The topological polar surface area (TPSA) is 117 Å². The fourth-order valence-corrected chi connectivity index (χ4v) is 1.09. The number of esters is 2. The molecule has 0 aliphatic heterocycles. The molecule has 1 amide bonds. The van der Waals surface area contributed by atoms with Crippen LogP contribution in [0.5, 0.6) is 0 Å². The molecule has 0 radical (unpaired) electrons. The summed E-state index contributed by atoms with van der Waals surface area (Å²) < 4.78 is 14.6. The summed E-state index contributed by atoms with van der Waals surface area (Å²) in [7, 11) is 0. The van der Waals surface area contributed by atoms with Crippen LogP contribution in [0.2, 0.25) is 0 Å². The van der Waals surface area contributed by atoms with Crippen molar-refractivity contribution >= 4 is 35.2 Å². The minimum atomic E-state index is -0.838. The SMILES string of the molecule is C=CC(=O)OCC(COC(=O)C=C)OCC(=O)NC(N)=S. The maximum atomic E-state index is 11.3. The van der Waals surface area contributed by atoms with Gasteiger partial charge in [0.1, 0.15) is 25.9 Å². The van der Waals surface area contributed by atoms with Crippen LogP contribution in [0.1, 0.15) is 0 Å². The minimum Gasteiger partial charge on any atom is -0.460 e. The molecule has 0 aromatic rings. The van der Waals surface area contributed by atoms with E-state index in [1.807, 2.05) is 0 Å². The molecular weight excluding hydrogens is 300 g/mol. The first-order valence-electron chi connectivity index (χ1n) is 5.68. The van der Waals surface area contributed by atoms with Crippen molar-refractivity contribution in [2.45, 2.75) is 6.10 Å². The third-order valence-corrected chi connectivity index (χ3v) is 1.97. The number of thiocarbonyl (C=S) groups is 1. The van der Waals surface area contributed by atoms with Crippen LogP contribution in [0.25, 0.3) is 0 Å². The fourth-order valence-electron chi connectivity index (χ4n) is 0.979. The molecule has 0 aliphatic rings. The summed E-state index contributed by atoms with van der Waals surface area (Å²) in [5.41, 5.74) is 5.12. The number of ether oxygens (including phenoxy) is 3. The van der Waals surface area contributed by atoms with Gasteiger partial charge in [-0.25, -0.2) is 9.59 Å². The summed E-state index contributed by atoms with van der Waals surface area (Å²) in [6.07, 6.45) is 1.09. The molecule has 0 saturated heterocycles. The van der Waals surface area contributed by atoms with E-state index in [4.69, 9.17) is 19.9 Å². The number of hydrogen-bond acceptors (Lipinski definition) is 7. The second-order valence-electron chi connectivity index (χ2n) is 3.51. The first-order valence-corrected chi connectivity index (χ1v) is 6.09. The predicted molar refractivity (Wildman–Crippen MR) is 77.0 cm³/mol. The van der Waals surface area contributed by atoms with Crippen molar-refractivity contribution in [2.75, 3.05) is 19.8 Å². The van der Waals surface area contributed by atoms with Gasteiger partial charge in [-0.3, -0.25) is 4.79 Å². The van der Waals surface area contributed by atoms with Crippen molar-refractivity contribution in [3.05, 3.63) is 25.3 Å². The summed E-state index contributed by atoms with van der Waals surface area (Å²) in [6.45, 7) is 5.60. The zero-order valence-electron chi connectivity index (χ0n) is 11.2. The molecule has 0 bridgehead atoms. The Morgan fingerprint density at radius 2 is 1.62 bits per heavy atom. The zero-order valence-corrected chi connectivity index (χ0v) is 12.0. The normalized spacial score (nSPS) is 9.57. The van der Waals surface area contributed by atoms with Gasteiger partial charge in [0.25, 0.3) is 5.91 Å². The fraction of sp³-hybridized carbons (Fsp3) is 0.333. The van der Waals surface area contributed by atoms with Gasteiger partial charge in [-0.2, -0.15) is 0 Å². The van der Waals surface area contributed by atoms with Gasteiger partial charge in [0.2, 0.25) is 0 Å². The molecule has 0 aromatic heterocycles. The van der Waals surface area contributed by atoms with E-state index in [1.54, 1.807) is 0 Å². The van der Waals surface area contributed by atoms with Crippen LogP contribution in [0.15, 0.2) is 25.3 Å². The number of rotatable bonds is 9. The van der Waals surface area contributed by atoms with Crippen molar-refractivity contribution < 1.29 is 28.6 Å². The summed E-state index contributed by atoms with van der Waals surface area (Å²) in [6, 6.07) is 0. The lowest BCUT2D eigenvalue weighted by Gasteiger charge is -2.17. The second-order valence-corrected chi connectivity index (χ2v) is 3.95. The molecule has 0 heterocycles. The Balaban J connectivity index is 4.34. The number of carbonyl (C=O) groups is 3. The average molecular weight is 316 g/mol. The van der Waals surface area contributed by atoms with Crippen LogP contribution >= 0.6 is 12.2 Å². The Hall–Kier alpha value is -2.26. The molecule has 0 atom stereocenters. The number of nitrogens with one attached hydrogen (secondary N) is 1. The van der Waals surface area contributed by atoms with E-state index in [1.165, 1.54) is 0 Å². The van der Waals surface area contributed by atoms with Crippen molar-refractivity contribution in [1.29, 1.82) is 0 Å². The average Bonchev–Trinajstić information content (AvgIpc) is 2.44. The smallest absolute Gasteiger partial charge is 0.330 e. The molecule has 0 spiro atoms. The zero-order chi connectivity index (χ0) is 16.3. The standard InChI is InChI=1S/C12H16N2O6S/c1-3-10(16)19-5-8(6-20-11(17)4-2)18-7-9(15)14-12(13)21/h3-4,8H,1-2,5-7H2,(H3,13,14,15,21). The van der Waals surface area contributed by atoms with Gasteiger partial charge in [-0.1, -0.05) is 13.2 Å². The van der Waals surface area contributed by atoms with Gasteiger partial charge in [0.15, 0.2) is 5.11 Å². The Bertz CT molecular complexity index is 413. The van der Waals surface area contributed by atoms with Gasteiger partial charge >= 0.3 is 11.9 Å². The van der Waals surface area contributed by atoms with Crippen molar-refractivity contribution in [1.82, 2.24) is 5.32 Å². The van der Waals surface area contributed by atoms with Gasteiger partial charge in [-0.05, 0) is 12.2 Å². The Morgan fingerprint density at radius 1 is 1.14 bits per heavy atom. The van der Waals surface area contributed by atoms with E-state index in [-0.39, 0.29) is 18.3 Å². The third kappa shape index (κ3) is 10.2. The summed E-state index contributed by atoms with van der Waals surface area (Å²) in [5.74, 6) is -1.94. The van der Waals surface area contributed by atoms with Crippen molar-refractivity contribution in [3.8, 4) is 0 Å². The maximum absolute atomic E-state index is 11.3. The first kappa shape index (κ1) is 18.7. The Morgan fingerprint density at radius 3 is 2.00 bits per heavy atom. The molecule has 0 fully saturated rings. The van der Waals surface area contributed by atoms with Crippen LogP contribution < -0.4 is 11.1 Å². The third-order valence-electron chi connectivity index (χ3n) is 1.87. The van der Waals surface area contributed by atoms with Gasteiger partial charge in [0.05, 0.1) is 0 Å². The molecule has 8 nitrogen and oxygen atoms in total. The van der Waals surface area contributed by atoms with E-state index >= 15 is 0 Å². The Labute approximate surface area is 126 Å². The quantitative estimate of drug-likeness (QED) is 0.322. The largest absolute Gasteiger partial charge is 0.460 e. The number of hydrogen-bond donors (Lipinski definition) is 2. The molecule has 0 aliphatic carbocycles. The van der Waals surface area contributed by atoms with Gasteiger partial charge in [0, 0.05) is 12.2 Å². The molecular formula is C12H16N2O6S. The Kier molecular flexibility index (Phi) is 9.39. The lowest BCUT2D eigenvalue weighted by Crippen LogP contribution is -2.39. The van der Waals surface area contributed by atoms with Crippen LogP contribution in [0, 0.1) is 0 Å². The molecule has 0 saturated carbocycles. The molecule has 3 N–H and O–H groups in total. The van der Waals surface area contributed by atoms with Crippen LogP contribution in [-0.2, 0) is 28.6 Å². The molecule has 21 heavy (non-hydrogen) atoms. The van der Waals surface area contributed by atoms with Gasteiger partial charge < -0.3 is 25.3 Å². The van der Waals surface area contributed by atoms with E-state index in [0.29, 0.717) is 0 Å². The van der Waals surface area contributed by atoms with Crippen LogP contribution in [0.4, 0.5) is 0 Å². The highest BCUT2D eigenvalue weighted by Crippen LogP contribution is 1.97. The summed E-state index contributed by atoms with van der Waals surface area (Å²) in [5, 5.41) is 1.95. The summed E-state index contributed by atoms with van der Waals surface area (Å²) >= 11 is 4.48.